The van der Waals surface area contributed by atoms with Crippen molar-refractivity contribution in [3.8, 4) is 0 Å². The van der Waals surface area contributed by atoms with Crippen LogP contribution in [0.25, 0.3) is 0 Å². The van der Waals surface area contributed by atoms with Crippen LogP contribution >= 0.6 is 0 Å². The summed E-state index contributed by atoms with van der Waals surface area (Å²) in [6.07, 6.45) is 49.3. The third-order valence-electron chi connectivity index (χ3n) is 15.6. The molecule has 0 aromatic heterocycles. The van der Waals surface area contributed by atoms with Crippen molar-refractivity contribution in [1.29, 1.82) is 0 Å². The molecule has 2 rings (SSSR count). The number of hydrogen-bond acceptors (Lipinski definition) is 9. The topological polar surface area (TPSA) is 101 Å². The lowest BCUT2D eigenvalue weighted by atomic mass is 9.49. The number of fused-ring (bicyclic) bond motifs is 2. The molecule has 0 amide bonds. The lowest BCUT2D eigenvalue weighted by Gasteiger charge is -2.57. The molecule has 9 heteroatoms. The molecule has 0 aromatic carbocycles. The van der Waals surface area contributed by atoms with Crippen molar-refractivity contribution in [1.82, 2.24) is 4.90 Å². The highest BCUT2D eigenvalue weighted by Crippen LogP contribution is 2.60. The zero-order chi connectivity index (χ0) is 53.1. The summed E-state index contributed by atoms with van der Waals surface area (Å²) in [4.78, 5) is 42.3. The standard InChI is InChI=1S/C64H115NO8/c1-8-13-16-19-22-25-26-27-28-29-30-31-32-35-38-42-58(66)71-54-62(6)49-57-50-63(7,55-72-59(67)43-41-46-65(11-4)12-5)53-64(51-57,52-62)56-73-60(68)44-45-61(69-47-39-36-33-23-20-17-14-9-2)70-48-40-37-34-24-21-18-15-10-3/h13,16,22,25,27-28,57,61H,8-12,14-15,17-21,23-24,26,29-56H2,1-7H3/b16-13-,25-22-,28-27-. The van der Waals surface area contributed by atoms with E-state index in [0.29, 0.717) is 58.2 Å². The Labute approximate surface area is 449 Å². The fourth-order valence-electron chi connectivity index (χ4n) is 12.0. The molecular formula is C64H115NO8. The van der Waals surface area contributed by atoms with Crippen molar-refractivity contribution >= 4 is 17.9 Å². The van der Waals surface area contributed by atoms with E-state index < -0.39 is 6.29 Å². The van der Waals surface area contributed by atoms with Gasteiger partial charge in [-0.2, -0.15) is 0 Å². The Morgan fingerprint density at radius 1 is 0.493 bits per heavy atom. The molecule has 0 aromatic rings. The number of allylic oxidation sites excluding steroid dienone is 6. The summed E-state index contributed by atoms with van der Waals surface area (Å²) in [6.45, 7) is 20.7. The highest BCUT2D eigenvalue weighted by molar-refractivity contribution is 5.70. The van der Waals surface area contributed by atoms with Crippen LogP contribution in [0.4, 0.5) is 0 Å². The molecule has 4 unspecified atom stereocenters. The van der Waals surface area contributed by atoms with Crippen molar-refractivity contribution in [2.45, 2.75) is 279 Å². The Morgan fingerprint density at radius 2 is 0.932 bits per heavy atom. The number of carbonyl (C=O) groups is 3. The van der Waals surface area contributed by atoms with E-state index >= 15 is 0 Å². The average molecular weight is 1030 g/mol. The first kappa shape index (κ1) is 66.6. The maximum Gasteiger partial charge on any atom is 0.305 e. The third kappa shape index (κ3) is 34.0. The molecule has 4 atom stereocenters. The third-order valence-corrected chi connectivity index (χ3v) is 15.6. The second-order valence-electron chi connectivity index (χ2n) is 23.3. The van der Waals surface area contributed by atoms with Gasteiger partial charge in [-0.3, -0.25) is 14.4 Å². The monoisotopic (exact) mass is 1030 g/mol. The molecule has 424 valence electrons. The predicted octanol–water partition coefficient (Wildman–Crippen LogP) is 17.3. The second-order valence-corrected chi connectivity index (χ2v) is 23.3. The summed E-state index contributed by atoms with van der Waals surface area (Å²) in [5, 5.41) is 0. The summed E-state index contributed by atoms with van der Waals surface area (Å²) in [6, 6.07) is 0. The average Bonchev–Trinajstić information content (AvgIpc) is 3.37. The van der Waals surface area contributed by atoms with Gasteiger partial charge in [-0.25, -0.2) is 0 Å². The van der Waals surface area contributed by atoms with Crippen molar-refractivity contribution < 1.29 is 38.1 Å². The van der Waals surface area contributed by atoms with Crippen LogP contribution in [0, 0.1) is 22.2 Å². The van der Waals surface area contributed by atoms with Gasteiger partial charge in [0.2, 0.25) is 0 Å². The minimum atomic E-state index is -0.417. The van der Waals surface area contributed by atoms with Crippen LogP contribution in [0.2, 0.25) is 0 Å². The van der Waals surface area contributed by atoms with Gasteiger partial charge < -0.3 is 28.6 Å². The Bertz CT molecular complexity index is 1450. The molecular weight excluding hydrogens is 911 g/mol. The Kier molecular flexibility index (Phi) is 38.9. The minimum absolute atomic E-state index is 0.111. The lowest BCUT2D eigenvalue weighted by Crippen LogP contribution is -2.52. The number of ether oxygens (including phenoxy) is 5. The first-order valence-corrected chi connectivity index (χ1v) is 30.8. The van der Waals surface area contributed by atoms with Crippen LogP contribution in [0.15, 0.2) is 36.5 Å². The van der Waals surface area contributed by atoms with Gasteiger partial charge in [0.15, 0.2) is 6.29 Å². The second kappa shape index (κ2) is 42.6. The van der Waals surface area contributed by atoms with E-state index in [1.54, 1.807) is 0 Å². The largest absolute Gasteiger partial charge is 0.465 e. The fourth-order valence-corrected chi connectivity index (χ4v) is 12.0. The molecule has 0 saturated heterocycles. The molecule has 73 heavy (non-hydrogen) atoms. The number of esters is 3. The molecule has 2 saturated carbocycles. The zero-order valence-corrected chi connectivity index (χ0v) is 48.7. The van der Waals surface area contributed by atoms with E-state index in [0.717, 1.165) is 129 Å². The maximum atomic E-state index is 13.7. The lowest BCUT2D eigenvalue weighted by molar-refractivity contribution is -0.172. The van der Waals surface area contributed by atoms with Gasteiger partial charge in [0.05, 0.1) is 26.2 Å². The quantitative estimate of drug-likeness (QED) is 0.0194. The van der Waals surface area contributed by atoms with Gasteiger partial charge in [0.1, 0.15) is 0 Å². The van der Waals surface area contributed by atoms with Crippen molar-refractivity contribution in [3.63, 3.8) is 0 Å². The Morgan fingerprint density at radius 3 is 1.45 bits per heavy atom. The molecule has 2 bridgehead atoms. The van der Waals surface area contributed by atoms with Crippen molar-refractivity contribution in [2.24, 2.45) is 22.2 Å². The maximum absolute atomic E-state index is 13.7. The number of hydrogen-bond donors (Lipinski definition) is 0. The van der Waals surface area contributed by atoms with Gasteiger partial charge in [-0.15, -0.1) is 0 Å². The van der Waals surface area contributed by atoms with E-state index in [1.165, 1.54) is 89.9 Å². The molecule has 0 spiro atoms. The first-order valence-electron chi connectivity index (χ1n) is 30.8. The predicted molar refractivity (Wildman–Crippen MR) is 305 cm³/mol. The minimum Gasteiger partial charge on any atom is -0.465 e. The molecule has 9 nitrogen and oxygen atoms in total. The first-order chi connectivity index (χ1) is 35.4. The van der Waals surface area contributed by atoms with Gasteiger partial charge in [-0.1, -0.05) is 194 Å². The normalized spacial score (nSPS) is 21.1. The molecule has 0 heterocycles. The van der Waals surface area contributed by atoms with Crippen LogP contribution in [0.3, 0.4) is 0 Å². The van der Waals surface area contributed by atoms with Gasteiger partial charge in [0.25, 0.3) is 0 Å². The molecule has 0 aliphatic heterocycles. The molecule has 2 fully saturated rings. The number of nitrogens with zero attached hydrogens (tertiary/aromatic N) is 1. The van der Waals surface area contributed by atoms with Crippen LogP contribution in [0.1, 0.15) is 273 Å². The van der Waals surface area contributed by atoms with Crippen LogP contribution < -0.4 is 0 Å². The number of rotatable bonds is 48. The summed E-state index contributed by atoms with van der Waals surface area (Å²) in [5.41, 5.74) is -0.779. The smallest absolute Gasteiger partial charge is 0.305 e. The van der Waals surface area contributed by atoms with E-state index in [4.69, 9.17) is 23.7 Å². The zero-order valence-electron chi connectivity index (χ0n) is 48.7. The van der Waals surface area contributed by atoms with Crippen molar-refractivity contribution in [2.75, 3.05) is 52.7 Å². The van der Waals surface area contributed by atoms with Crippen LogP contribution in [0.5, 0.6) is 0 Å². The van der Waals surface area contributed by atoms with Gasteiger partial charge in [0, 0.05) is 48.7 Å². The van der Waals surface area contributed by atoms with E-state index in [9.17, 15) is 14.4 Å². The summed E-state index contributed by atoms with van der Waals surface area (Å²) in [5.74, 6) is -0.120. The summed E-state index contributed by atoms with van der Waals surface area (Å²) >= 11 is 0. The highest BCUT2D eigenvalue weighted by Gasteiger charge is 2.55. The Hall–Kier alpha value is -2.49. The van der Waals surface area contributed by atoms with E-state index in [2.05, 4.69) is 89.8 Å². The molecule has 0 radical (unpaired) electrons. The Balaban J connectivity index is 1.99. The van der Waals surface area contributed by atoms with E-state index in [-0.39, 0.29) is 40.6 Å². The van der Waals surface area contributed by atoms with Crippen LogP contribution in [-0.4, -0.2) is 81.8 Å². The number of unbranched alkanes of at least 4 members (excludes halogenated alkanes) is 19. The summed E-state index contributed by atoms with van der Waals surface area (Å²) < 4.78 is 31.1. The van der Waals surface area contributed by atoms with Crippen LogP contribution in [-0.2, 0) is 38.1 Å². The molecule has 0 N–H and O–H groups in total. The summed E-state index contributed by atoms with van der Waals surface area (Å²) in [7, 11) is 0. The van der Waals surface area contributed by atoms with E-state index in [1.807, 2.05) is 0 Å². The van der Waals surface area contributed by atoms with Gasteiger partial charge >= 0.3 is 17.9 Å². The molecule has 2 aliphatic rings. The molecule has 2 aliphatic carbocycles. The van der Waals surface area contributed by atoms with Crippen molar-refractivity contribution in [3.05, 3.63) is 36.5 Å². The SMILES string of the molecule is CC/C=C\C/C=C\C/C=C\CCCCCCCC(=O)OCC1(C)CC2CC(C)(COC(=O)CCCN(CC)CC)CC(COC(=O)CCC(OCCCCCCCCCC)OCCCCCCCCCC)(C2)C1. The van der Waals surface area contributed by atoms with Gasteiger partial charge in [-0.05, 0) is 115 Å². The highest BCUT2D eigenvalue weighted by atomic mass is 16.7. The fraction of sp³-hybridized carbons (Fsp3) is 0.859. The number of carbonyl (C=O) groups excluding carboxylic acids is 3.